The molecule has 0 atom stereocenters. The quantitative estimate of drug-likeness (QED) is 0.716. The van der Waals surface area contributed by atoms with E-state index in [-0.39, 0.29) is 5.91 Å². The Morgan fingerprint density at radius 3 is 2.59 bits per heavy atom. The van der Waals surface area contributed by atoms with Gasteiger partial charge in [0.25, 0.3) is 5.91 Å². The molecule has 1 aromatic heterocycles. The summed E-state index contributed by atoms with van der Waals surface area (Å²) in [5.41, 5.74) is 9.44. The molecule has 0 spiro atoms. The van der Waals surface area contributed by atoms with Gasteiger partial charge in [-0.3, -0.25) is 4.79 Å². The zero-order chi connectivity index (χ0) is 15.9. The number of benzene rings is 1. The maximum Gasteiger partial charge on any atom is 0.251 e. The van der Waals surface area contributed by atoms with Crippen LogP contribution in [-0.4, -0.2) is 24.0 Å². The first kappa shape index (κ1) is 15.8. The first-order valence-corrected chi connectivity index (χ1v) is 7.38. The third-order valence-corrected chi connectivity index (χ3v) is 3.45. The maximum atomic E-state index is 11.9. The van der Waals surface area contributed by atoms with Crippen molar-refractivity contribution in [3.63, 3.8) is 0 Å². The van der Waals surface area contributed by atoms with Gasteiger partial charge in [-0.1, -0.05) is 17.7 Å². The van der Waals surface area contributed by atoms with Gasteiger partial charge in [0.2, 0.25) is 0 Å². The second-order valence-electron chi connectivity index (χ2n) is 5.29. The normalized spacial score (nSPS) is 10.3. The van der Waals surface area contributed by atoms with Crippen molar-refractivity contribution in [3.8, 4) is 0 Å². The van der Waals surface area contributed by atoms with Crippen LogP contribution in [0.5, 0.6) is 0 Å². The van der Waals surface area contributed by atoms with Crippen molar-refractivity contribution in [2.45, 2.75) is 20.3 Å². The molecule has 5 heteroatoms. The van der Waals surface area contributed by atoms with E-state index in [9.17, 15) is 4.79 Å². The van der Waals surface area contributed by atoms with E-state index in [1.165, 1.54) is 0 Å². The summed E-state index contributed by atoms with van der Waals surface area (Å²) < 4.78 is 0. The number of rotatable bonds is 6. The Morgan fingerprint density at radius 2 is 1.86 bits per heavy atom. The molecule has 4 N–H and O–H groups in total. The molecule has 0 aliphatic carbocycles. The zero-order valence-corrected chi connectivity index (χ0v) is 13.0. The van der Waals surface area contributed by atoms with Crippen LogP contribution in [0.3, 0.4) is 0 Å². The molecule has 116 valence electrons. The number of anilines is 2. The highest BCUT2D eigenvalue weighted by atomic mass is 16.1. The smallest absolute Gasteiger partial charge is 0.251 e. The van der Waals surface area contributed by atoms with E-state index in [2.05, 4.69) is 15.6 Å². The van der Waals surface area contributed by atoms with Gasteiger partial charge in [-0.05, 0) is 44.0 Å². The minimum Gasteiger partial charge on any atom is -0.396 e. The van der Waals surface area contributed by atoms with E-state index in [1.54, 1.807) is 6.20 Å². The topological polar surface area (TPSA) is 80.0 Å². The average molecular weight is 298 g/mol. The number of nitrogens with two attached hydrogens (primary N) is 1. The van der Waals surface area contributed by atoms with Crippen molar-refractivity contribution in [1.82, 2.24) is 10.3 Å². The van der Waals surface area contributed by atoms with E-state index < -0.39 is 0 Å². The number of pyridine rings is 1. The molecule has 1 aromatic carbocycles. The summed E-state index contributed by atoms with van der Waals surface area (Å²) in [7, 11) is 0. The molecule has 0 saturated carbocycles. The summed E-state index contributed by atoms with van der Waals surface area (Å²) in [6.45, 7) is 5.25. The van der Waals surface area contributed by atoms with Crippen molar-refractivity contribution in [3.05, 3.63) is 53.2 Å². The lowest BCUT2D eigenvalue weighted by Crippen LogP contribution is -2.25. The maximum absolute atomic E-state index is 11.9. The minimum absolute atomic E-state index is 0.0480. The van der Waals surface area contributed by atoms with Gasteiger partial charge in [0.1, 0.15) is 5.82 Å². The number of aryl methyl sites for hydroxylation is 2. The van der Waals surface area contributed by atoms with Crippen molar-refractivity contribution < 1.29 is 4.79 Å². The van der Waals surface area contributed by atoms with Gasteiger partial charge in [-0.2, -0.15) is 0 Å². The van der Waals surface area contributed by atoms with E-state index >= 15 is 0 Å². The minimum atomic E-state index is -0.0480. The molecule has 2 aromatic rings. The van der Waals surface area contributed by atoms with Crippen LogP contribution in [-0.2, 0) is 0 Å². The molecule has 0 fully saturated rings. The van der Waals surface area contributed by atoms with E-state index in [0.717, 1.165) is 17.5 Å². The zero-order valence-electron chi connectivity index (χ0n) is 13.0. The molecule has 1 amide bonds. The highest BCUT2D eigenvalue weighted by Crippen LogP contribution is 2.18. The van der Waals surface area contributed by atoms with Crippen LogP contribution in [0.2, 0.25) is 0 Å². The van der Waals surface area contributed by atoms with Crippen LogP contribution in [0, 0.1) is 13.8 Å². The van der Waals surface area contributed by atoms with E-state index in [1.807, 2.05) is 44.2 Å². The largest absolute Gasteiger partial charge is 0.396 e. The second kappa shape index (κ2) is 7.45. The predicted octanol–water partition coefficient (Wildman–Crippen LogP) is 2.51. The van der Waals surface area contributed by atoms with Gasteiger partial charge in [-0.25, -0.2) is 4.98 Å². The van der Waals surface area contributed by atoms with Crippen LogP contribution in [0.1, 0.15) is 27.9 Å². The molecule has 1 heterocycles. The Kier molecular flexibility index (Phi) is 5.36. The summed E-state index contributed by atoms with van der Waals surface area (Å²) in [6, 6.07) is 9.41. The molecule has 22 heavy (non-hydrogen) atoms. The lowest BCUT2D eigenvalue weighted by Gasteiger charge is -2.10. The molecule has 0 aliphatic rings. The van der Waals surface area contributed by atoms with Gasteiger partial charge in [0.05, 0.1) is 5.69 Å². The fraction of sp³-hybridized carbons (Fsp3) is 0.294. The first-order valence-electron chi connectivity index (χ1n) is 7.38. The Morgan fingerprint density at radius 1 is 1.14 bits per heavy atom. The molecule has 0 radical (unpaired) electrons. The SMILES string of the molecule is Cc1ccc(C(=O)NCCCNc2nccc(C)c2N)cc1. The van der Waals surface area contributed by atoms with E-state index in [4.69, 9.17) is 5.73 Å². The van der Waals surface area contributed by atoms with Gasteiger partial charge in [0, 0.05) is 24.8 Å². The summed E-state index contributed by atoms with van der Waals surface area (Å²) in [4.78, 5) is 16.1. The molecule has 5 nitrogen and oxygen atoms in total. The second-order valence-corrected chi connectivity index (χ2v) is 5.29. The number of carbonyl (C=O) groups is 1. The third kappa shape index (κ3) is 4.22. The Balaban J connectivity index is 1.72. The number of nitrogens with one attached hydrogen (secondary N) is 2. The standard InChI is InChI=1S/C17H22N4O/c1-12-4-6-14(7-5-12)17(22)21-10-3-9-19-16-15(18)13(2)8-11-20-16/h4-8,11H,3,9-10,18H2,1-2H3,(H,19,20)(H,21,22). The molecular formula is C17H22N4O. The third-order valence-electron chi connectivity index (χ3n) is 3.45. The summed E-state index contributed by atoms with van der Waals surface area (Å²) >= 11 is 0. The van der Waals surface area contributed by atoms with Crippen LogP contribution in [0.4, 0.5) is 11.5 Å². The van der Waals surface area contributed by atoms with Gasteiger partial charge in [-0.15, -0.1) is 0 Å². The van der Waals surface area contributed by atoms with Crippen LogP contribution in [0.15, 0.2) is 36.5 Å². The van der Waals surface area contributed by atoms with Crippen LogP contribution >= 0.6 is 0 Å². The number of amides is 1. The van der Waals surface area contributed by atoms with Crippen molar-refractivity contribution >= 4 is 17.4 Å². The Labute approximate surface area is 130 Å². The fourth-order valence-electron chi connectivity index (χ4n) is 2.01. The molecule has 0 bridgehead atoms. The number of nitrogens with zero attached hydrogens (tertiary/aromatic N) is 1. The number of aromatic nitrogens is 1. The molecule has 0 aliphatic heterocycles. The fourth-order valence-corrected chi connectivity index (χ4v) is 2.01. The number of hydrogen-bond acceptors (Lipinski definition) is 4. The predicted molar refractivity (Wildman–Crippen MR) is 90.0 cm³/mol. The molecule has 0 unspecified atom stereocenters. The molecule has 0 saturated heterocycles. The highest BCUT2D eigenvalue weighted by Gasteiger charge is 2.04. The van der Waals surface area contributed by atoms with Crippen LogP contribution in [0.25, 0.3) is 0 Å². The first-order chi connectivity index (χ1) is 10.6. The van der Waals surface area contributed by atoms with Crippen LogP contribution < -0.4 is 16.4 Å². The van der Waals surface area contributed by atoms with Crippen molar-refractivity contribution in [2.75, 3.05) is 24.1 Å². The molecular weight excluding hydrogens is 276 g/mol. The Bertz CT molecular complexity index is 638. The lowest BCUT2D eigenvalue weighted by atomic mass is 10.1. The summed E-state index contributed by atoms with van der Waals surface area (Å²) in [6.07, 6.45) is 2.53. The van der Waals surface area contributed by atoms with Gasteiger partial charge >= 0.3 is 0 Å². The Hall–Kier alpha value is -2.56. The number of hydrogen-bond donors (Lipinski definition) is 3. The number of nitrogen functional groups attached to an aromatic ring is 1. The average Bonchev–Trinajstić information content (AvgIpc) is 2.51. The van der Waals surface area contributed by atoms with Gasteiger partial charge in [0.15, 0.2) is 0 Å². The van der Waals surface area contributed by atoms with Crippen molar-refractivity contribution in [1.29, 1.82) is 0 Å². The summed E-state index contributed by atoms with van der Waals surface area (Å²) in [5, 5.41) is 6.09. The summed E-state index contributed by atoms with van der Waals surface area (Å²) in [5.74, 6) is 0.651. The highest BCUT2D eigenvalue weighted by molar-refractivity contribution is 5.94. The number of carbonyl (C=O) groups excluding carboxylic acids is 1. The lowest BCUT2D eigenvalue weighted by molar-refractivity contribution is 0.0953. The van der Waals surface area contributed by atoms with Crippen molar-refractivity contribution in [2.24, 2.45) is 0 Å². The monoisotopic (exact) mass is 298 g/mol. The van der Waals surface area contributed by atoms with Gasteiger partial charge < -0.3 is 16.4 Å². The van der Waals surface area contributed by atoms with E-state index in [0.29, 0.717) is 30.2 Å². The molecule has 2 rings (SSSR count).